The molecule has 132 valence electrons. The molecule has 0 N–H and O–H groups in total. The van der Waals surface area contributed by atoms with E-state index in [1.807, 2.05) is 11.0 Å². The van der Waals surface area contributed by atoms with Gasteiger partial charge in [0.25, 0.3) is 0 Å². The number of likely N-dealkylation sites (tertiary alicyclic amines) is 1. The summed E-state index contributed by atoms with van der Waals surface area (Å²) in [7, 11) is 0. The third-order valence-electron chi connectivity index (χ3n) is 5.43. The lowest BCUT2D eigenvalue weighted by molar-refractivity contribution is -0.126. The summed E-state index contributed by atoms with van der Waals surface area (Å²) in [6.45, 7) is 1.80. The van der Waals surface area contributed by atoms with Gasteiger partial charge in [0, 0.05) is 19.2 Å². The highest BCUT2D eigenvalue weighted by molar-refractivity contribution is 5.91. The van der Waals surface area contributed by atoms with Gasteiger partial charge in [-0.15, -0.1) is 0 Å². The Balaban J connectivity index is 1.70. The van der Waals surface area contributed by atoms with E-state index in [4.69, 9.17) is 0 Å². The van der Waals surface area contributed by atoms with Gasteiger partial charge in [-0.2, -0.15) is 0 Å². The van der Waals surface area contributed by atoms with Gasteiger partial charge in [0.15, 0.2) is 0 Å². The van der Waals surface area contributed by atoms with Gasteiger partial charge in [-0.3, -0.25) is 4.79 Å². The van der Waals surface area contributed by atoms with Crippen LogP contribution in [-0.2, 0) is 11.2 Å². The van der Waals surface area contributed by atoms with Crippen molar-refractivity contribution >= 4 is 11.5 Å². The summed E-state index contributed by atoms with van der Waals surface area (Å²) in [6, 6.07) is 19.2. The summed E-state index contributed by atoms with van der Waals surface area (Å²) in [5, 5.41) is 0. The van der Waals surface area contributed by atoms with E-state index in [2.05, 4.69) is 54.6 Å². The summed E-state index contributed by atoms with van der Waals surface area (Å²) in [4.78, 5) is 14.5. The number of piperidine rings is 1. The van der Waals surface area contributed by atoms with Crippen molar-refractivity contribution in [3.05, 3.63) is 89.0 Å². The number of allylic oxidation sites excluding steroid dienone is 2. The Bertz CT molecular complexity index is 842. The summed E-state index contributed by atoms with van der Waals surface area (Å²) >= 11 is 0. The molecule has 1 aliphatic heterocycles. The van der Waals surface area contributed by atoms with E-state index in [0.29, 0.717) is 0 Å². The van der Waals surface area contributed by atoms with Gasteiger partial charge in [0.2, 0.25) is 5.91 Å². The lowest BCUT2D eigenvalue weighted by Crippen LogP contribution is -2.34. The molecule has 1 aliphatic carbocycles. The Labute approximate surface area is 155 Å². The zero-order valence-electron chi connectivity index (χ0n) is 15.2. The monoisotopic (exact) mass is 343 g/mol. The van der Waals surface area contributed by atoms with Crippen LogP contribution in [0.1, 0.15) is 42.4 Å². The van der Waals surface area contributed by atoms with Crippen molar-refractivity contribution in [1.82, 2.24) is 4.90 Å². The number of benzene rings is 2. The maximum Gasteiger partial charge on any atom is 0.246 e. The highest BCUT2D eigenvalue weighted by Crippen LogP contribution is 2.36. The number of aryl methyl sites for hydroxylation is 1. The third kappa shape index (κ3) is 3.50. The van der Waals surface area contributed by atoms with Crippen molar-refractivity contribution < 1.29 is 4.79 Å². The van der Waals surface area contributed by atoms with Crippen molar-refractivity contribution in [2.45, 2.75) is 32.1 Å². The summed E-state index contributed by atoms with van der Waals surface area (Å²) < 4.78 is 0. The van der Waals surface area contributed by atoms with Gasteiger partial charge >= 0.3 is 0 Å². The van der Waals surface area contributed by atoms with Crippen molar-refractivity contribution in [2.24, 2.45) is 0 Å². The molecule has 1 fully saturated rings. The average Bonchev–Trinajstić information content (AvgIpc) is 2.72. The van der Waals surface area contributed by atoms with Crippen LogP contribution in [0.3, 0.4) is 0 Å². The molecule has 1 heterocycles. The minimum Gasteiger partial charge on any atom is -0.339 e. The second-order valence-electron chi connectivity index (χ2n) is 7.14. The molecule has 1 saturated heterocycles. The van der Waals surface area contributed by atoms with E-state index in [1.165, 1.54) is 34.3 Å². The molecule has 2 aromatic carbocycles. The number of carbonyl (C=O) groups excluding carboxylic acids is 1. The molecular formula is C24H25NO. The predicted molar refractivity (Wildman–Crippen MR) is 107 cm³/mol. The van der Waals surface area contributed by atoms with E-state index in [9.17, 15) is 4.79 Å². The van der Waals surface area contributed by atoms with Gasteiger partial charge in [-0.25, -0.2) is 0 Å². The standard InChI is InChI=1S/C24H25NO/c26-23(25-17-7-2-8-18-25)16-15-21-14-13-19-9-5-6-12-22(19)24(21)20-10-3-1-4-11-20/h1,3-6,9-12,15-16H,2,7-8,13-14,17-18H2/b16-15+. The molecule has 26 heavy (non-hydrogen) atoms. The predicted octanol–water partition coefficient (Wildman–Crippen LogP) is 5.00. The Morgan fingerprint density at radius 3 is 2.38 bits per heavy atom. The Morgan fingerprint density at radius 2 is 1.58 bits per heavy atom. The summed E-state index contributed by atoms with van der Waals surface area (Å²) in [5.41, 5.74) is 6.46. The summed E-state index contributed by atoms with van der Waals surface area (Å²) in [6.07, 6.45) is 9.37. The van der Waals surface area contributed by atoms with Crippen LogP contribution in [0.2, 0.25) is 0 Å². The SMILES string of the molecule is O=C(/C=C/C1=C(c2ccccc2)c2ccccc2CC1)N1CCCCC1. The van der Waals surface area contributed by atoms with Gasteiger partial charge in [0.1, 0.15) is 0 Å². The largest absolute Gasteiger partial charge is 0.339 e. The van der Waals surface area contributed by atoms with E-state index in [0.717, 1.165) is 38.8 Å². The van der Waals surface area contributed by atoms with Crippen LogP contribution < -0.4 is 0 Å². The zero-order chi connectivity index (χ0) is 17.8. The average molecular weight is 343 g/mol. The molecule has 1 amide bonds. The Kier molecular flexibility index (Phi) is 5.01. The molecular weight excluding hydrogens is 318 g/mol. The van der Waals surface area contributed by atoms with Crippen LogP contribution >= 0.6 is 0 Å². The third-order valence-corrected chi connectivity index (χ3v) is 5.43. The molecule has 2 nitrogen and oxygen atoms in total. The molecule has 0 aromatic heterocycles. The fourth-order valence-corrected chi connectivity index (χ4v) is 4.05. The van der Waals surface area contributed by atoms with E-state index in [1.54, 1.807) is 6.08 Å². The van der Waals surface area contributed by atoms with Crippen molar-refractivity contribution in [3.63, 3.8) is 0 Å². The number of fused-ring (bicyclic) bond motifs is 1. The molecule has 0 bridgehead atoms. The topological polar surface area (TPSA) is 20.3 Å². The molecule has 2 aliphatic rings. The molecule has 0 spiro atoms. The van der Waals surface area contributed by atoms with Crippen molar-refractivity contribution in [2.75, 3.05) is 13.1 Å². The second-order valence-corrected chi connectivity index (χ2v) is 7.14. The van der Waals surface area contributed by atoms with Crippen LogP contribution in [-0.4, -0.2) is 23.9 Å². The smallest absolute Gasteiger partial charge is 0.246 e. The lowest BCUT2D eigenvalue weighted by atomic mass is 9.82. The van der Waals surface area contributed by atoms with Crippen molar-refractivity contribution in [3.8, 4) is 0 Å². The van der Waals surface area contributed by atoms with Crippen LogP contribution in [0.5, 0.6) is 0 Å². The molecule has 2 heteroatoms. The number of nitrogens with zero attached hydrogens (tertiary/aromatic N) is 1. The maximum absolute atomic E-state index is 12.5. The van der Waals surface area contributed by atoms with Crippen LogP contribution in [0.25, 0.3) is 5.57 Å². The Morgan fingerprint density at radius 1 is 0.846 bits per heavy atom. The van der Waals surface area contributed by atoms with Gasteiger partial charge in [0.05, 0.1) is 0 Å². The summed E-state index contributed by atoms with van der Waals surface area (Å²) in [5.74, 6) is 0.156. The van der Waals surface area contributed by atoms with Gasteiger partial charge < -0.3 is 4.90 Å². The lowest BCUT2D eigenvalue weighted by Gasteiger charge is -2.26. The highest BCUT2D eigenvalue weighted by atomic mass is 16.2. The second kappa shape index (κ2) is 7.74. The zero-order valence-corrected chi connectivity index (χ0v) is 15.2. The number of rotatable bonds is 3. The van der Waals surface area contributed by atoms with E-state index >= 15 is 0 Å². The molecule has 4 rings (SSSR count). The fourth-order valence-electron chi connectivity index (χ4n) is 4.05. The number of carbonyl (C=O) groups is 1. The molecule has 0 radical (unpaired) electrons. The van der Waals surface area contributed by atoms with Gasteiger partial charge in [-0.1, -0.05) is 60.7 Å². The number of amides is 1. The highest BCUT2D eigenvalue weighted by Gasteiger charge is 2.19. The van der Waals surface area contributed by atoms with E-state index < -0.39 is 0 Å². The molecule has 0 saturated carbocycles. The normalized spacial score (nSPS) is 17.5. The van der Waals surface area contributed by atoms with Crippen LogP contribution in [0.4, 0.5) is 0 Å². The molecule has 0 atom stereocenters. The van der Waals surface area contributed by atoms with Crippen LogP contribution in [0, 0.1) is 0 Å². The minimum absolute atomic E-state index is 0.156. The number of hydrogen-bond acceptors (Lipinski definition) is 1. The minimum atomic E-state index is 0.156. The van der Waals surface area contributed by atoms with Gasteiger partial charge in [-0.05, 0) is 59.9 Å². The molecule has 2 aromatic rings. The first-order valence-electron chi connectivity index (χ1n) is 9.67. The van der Waals surface area contributed by atoms with E-state index in [-0.39, 0.29) is 5.91 Å². The first-order chi connectivity index (χ1) is 12.8. The van der Waals surface area contributed by atoms with Crippen molar-refractivity contribution in [1.29, 1.82) is 0 Å². The first-order valence-corrected chi connectivity index (χ1v) is 9.67. The Hall–Kier alpha value is -2.61. The van der Waals surface area contributed by atoms with Crippen LogP contribution in [0.15, 0.2) is 72.3 Å². The molecule has 0 unspecified atom stereocenters. The quantitative estimate of drug-likeness (QED) is 0.718. The fraction of sp³-hybridized carbons (Fsp3) is 0.292. The number of hydrogen-bond donors (Lipinski definition) is 0. The first kappa shape index (κ1) is 16.8. The maximum atomic E-state index is 12.5.